The highest BCUT2D eigenvalue weighted by Crippen LogP contribution is 2.32. The van der Waals surface area contributed by atoms with Gasteiger partial charge in [-0.25, -0.2) is 4.79 Å². The molecule has 23 heavy (non-hydrogen) atoms. The highest BCUT2D eigenvalue weighted by atomic mass is 32.2. The molecule has 2 heterocycles. The molecule has 3 amide bonds. The Balaban J connectivity index is 1.68. The Hall–Kier alpha value is -2.22. The third kappa shape index (κ3) is 3.26. The molecule has 0 unspecified atom stereocenters. The third-order valence-corrected chi connectivity index (χ3v) is 4.93. The molecular weight excluding hydrogens is 318 g/mol. The summed E-state index contributed by atoms with van der Waals surface area (Å²) in [5.74, 6) is 0.247. The van der Waals surface area contributed by atoms with Gasteiger partial charge >= 0.3 is 6.09 Å². The molecule has 2 aliphatic rings. The van der Waals surface area contributed by atoms with Gasteiger partial charge in [-0.3, -0.25) is 9.59 Å². The van der Waals surface area contributed by atoms with Gasteiger partial charge < -0.3 is 19.9 Å². The molecule has 0 atom stereocenters. The number of nitrogens with zero attached hydrogens (tertiary/aromatic N) is 2. The van der Waals surface area contributed by atoms with Crippen LogP contribution >= 0.6 is 11.8 Å². The number of rotatable bonds is 1. The number of fused-ring (bicyclic) bond motifs is 1. The van der Waals surface area contributed by atoms with Crippen molar-refractivity contribution in [1.82, 2.24) is 9.80 Å². The van der Waals surface area contributed by atoms with Gasteiger partial charge in [0.05, 0.1) is 18.6 Å². The van der Waals surface area contributed by atoms with Crippen molar-refractivity contribution >= 4 is 35.4 Å². The number of hydrogen-bond donors (Lipinski definition) is 1. The highest BCUT2D eigenvalue weighted by Gasteiger charge is 2.26. The first-order chi connectivity index (χ1) is 11.1. The van der Waals surface area contributed by atoms with Crippen LogP contribution < -0.4 is 5.32 Å². The van der Waals surface area contributed by atoms with Crippen LogP contribution in [0.25, 0.3) is 0 Å². The molecular formula is C15H17N3O4S. The van der Waals surface area contributed by atoms with E-state index in [1.54, 1.807) is 21.9 Å². The van der Waals surface area contributed by atoms with E-state index in [1.807, 2.05) is 6.07 Å². The Morgan fingerprint density at radius 2 is 1.87 bits per heavy atom. The lowest BCUT2D eigenvalue weighted by Gasteiger charge is -2.34. The number of amides is 3. The second-order valence-electron chi connectivity index (χ2n) is 5.30. The average molecular weight is 335 g/mol. The number of carbonyl (C=O) groups is 3. The van der Waals surface area contributed by atoms with Gasteiger partial charge in [-0.2, -0.15) is 0 Å². The van der Waals surface area contributed by atoms with Crippen LogP contribution in [0.2, 0.25) is 0 Å². The Morgan fingerprint density at radius 1 is 1.17 bits per heavy atom. The van der Waals surface area contributed by atoms with E-state index in [-0.39, 0.29) is 17.9 Å². The fourth-order valence-corrected chi connectivity index (χ4v) is 3.41. The van der Waals surface area contributed by atoms with Crippen molar-refractivity contribution in [2.75, 3.05) is 44.4 Å². The number of thioether (sulfide) groups is 1. The first kappa shape index (κ1) is 15.7. The summed E-state index contributed by atoms with van der Waals surface area (Å²) in [6.07, 6.45) is -0.370. The van der Waals surface area contributed by atoms with Crippen molar-refractivity contribution in [3.05, 3.63) is 23.8 Å². The molecule has 1 aromatic carbocycles. The maximum Gasteiger partial charge on any atom is 0.409 e. The maximum absolute atomic E-state index is 12.6. The first-order valence-electron chi connectivity index (χ1n) is 7.27. The van der Waals surface area contributed by atoms with Crippen LogP contribution in [-0.4, -0.2) is 66.7 Å². The van der Waals surface area contributed by atoms with Crippen LogP contribution in [0, 0.1) is 0 Å². The minimum absolute atomic E-state index is 0.0567. The van der Waals surface area contributed by atoms with E-state index in [0.717, 1.165) is 4.90 Å². The molecule has 0 saturated carbocycles. The number of carbonyl (C=O) groups excluding carboxylic acids is 3. The van der Waals surface area contributed by atoms with Gasteiger partial charge in [0.2, 0.25) is 5.91 Å². The molecule has 0 bridgehead atoms. The lowest BCUT2D eigenvalue weighted by Crippen LogP contribution is -2.50. The second-order valence-corrected chi connectivity index (χ2v) is 6.31. The van der Waals surface area contributed by atoms with E-state index in [4.69, 9.17) is 0 Å². The minimum atomic E-state index is -0.370. The monoisotopic (exact) mass is 335 g/mol. The zero-order valence-electron chi connectivity index (χ0n) is 12.7. The van der Waals surface area contributed by atoms with E-state index >= 15 is 0 Å². The SMILES string of the molecule is COC(=O)N1CCN(C(=O)c2ccc3c(c2)NC(=O)CS3)CC1. The number of anilines is 1. The van der Waals surface area contributed by atoms with Crippen molar-refractivity contribution in [1.29, 1.82) is 0 Å². The quantitative estimate of drug-likeness (QED) is 0.836. The second kappa shape index (κ2) is 6.49. The summed E-state index contributed by atoms with van der Waals surface area (Å²) < 4.78 is 4.68. The fraction of sp³-hybridized carbons (Fsp3) is 0.400. The van der Waals surface area contributed by atoms with Gasteiger partial charge in [-0.05, 0) is 18.2 Å². The molecule has 8 heteroatoms. The Bertz CT molecular complexity index is 656. The van der Waals surface area contributed by atoms with E-state index in [2.05, 4.69) is 10.1 Å². The largest absolute Gasteiger partial charge is 0.453 e. The van der Waals surface area contributed by atoms with Crippen LogP contribution in [0.15, 0.2) is 23.1 Å². The predicted molar refractivity (Wildman–Crippen MR) is 85.7 cm³/mol. The number of nitrogens with one attached hydrogen (secondary N) is 1. The summed E-state index contributed by atoms with van der Waals surface area (Å²) in [5, 5.41) is 2.79. The zero-order chi connectivity index (χ0) is 16.4. The van der Waals surface area contributed by atoms with Crippen molar-refractivity contribution in [2.24, 2.45) is 0 Å². The van der Waals surface area contributed by atoms with Crippen LogP contribution in [0.5, 0.6) is 0 Å². The van der Waals surface area contributed by atoms with Gasteiger partial charge in [0.15, 0.2) is 0 Å². The molecule has 0 aromatic heterocycles. The van der Waals surface area contributed by atoms with Crippen LogP contribution in [0.4, 0.5) is 10.5 Å². The molecule has 1 saturated heterocycles. The molecule has 1 aromatic rings. The minimum Gasteiger partial charge on any atom is -0.453 e. The third-order valence-electron chi connectivity index (χ3n) is 3.86. The van der Waals surface area contributed by atoms with Crippen LogP contribution in [-0.2, 0) is 9.53 Å². The first-order valence-corrected chi connectivity index (χ1v) is 8.26. The molecule has 1 N–H and O–H groups in total. The Morgan fingerprint density at radius 3 is 2.57 bits per heavy atom. The molecule has 7 nitrogen and oxygen atoms in total. The van der Waals surface area contributed by atoms with E-state index in [1.165, 1.54) is 18.9 Å². The molecule has 122 valence electrons. The number of piperazine rings is 1. The maximum atomic E-state index is 12.6. The van der Waals surface area contributed by atoms with E-state index in [9.17, 15) is 14.4 Å². The average Bonchev–Trinajstić information content (AvgIpc) is 2.59. The number of ether oxygens (including phenoxy) is 1. The lowest BCUT2D eigenvalue weighted by molar-refractivity contribution is -0.113. The summed E-state index contributed by atoms with van der Waals surface area (Å²) >= 11 is 1.46. The smallest absolute Gasteiger partial charge is 0.409 e. The molecule has 2 aliphatic heterocycles. The highest BCUT2D eigenvalue weighted by molar-refractivity contribution is 8.00. The Labute approximate surface area is 137 Å². The molecule has 3 rings (SSSR count). The van der Waals surface area contributed by atoms with Crippen LogP contribution in [0.3, 0.4) is 0 Å². The van der Waals surface area contributed by atoms with Gasteiger partial charge in [0.25, 0.3) is 5.91 Å². The lowest BCUT2D eigenvalue weighted by atomic mass is 10.1. The van der Waals surface area contributed by atoms with Crippen LogP contribution in [0.1, 0.15) is 10.4 Å². The molecule has 1 fully saturated rings. The van der Waals surface area contributed by atoms with Gasteiger partial charge in [-0.15, -0.1) is 11.8 Å². The summed E-state index contributed by atoms with van der Waals surface area (Å²) in [7, 11) is 1.35. The predicted octanol–water partition coefficient (Wildman–Crippen LogP) is 1.26. The summed E-state index contributed by atoms with van der Waals surface area (Å²) in [6, 6.07) is 5.35. The number of benzene rings is 1. The Kier molecular flexibility index (Phi) is 4.42. The fourth-order valence-electron chi connectivity index (χ4n) is 2.62. The van der Waals surface area contributed by atoms with Gasteiger partial charge in [0, 0.05) is 36.6 Å². The van der Waals surface area contributed by atoms with Gasteiger partial charge in [0.1, 0.15) is 0 Å². The zero-order valence-corrected chi connectivity index (χ0v) is 13.5. The summed E-state index contributed by atoms with van der Waals surface area (Å²) in [6.45, 7) is 1.84. The van der Waals surface area contributed by atoms with Crippen molar-refractivity contribution in [2.45, 2.75) is 4.90 Å². The molecule has 0 spiro atoms. The van der Waals surface area contributed by atoms with Crippen molar-refractivity contribution < 1.29 is 19.1 Å². The summed E-state index contributed by atoms with van der Waals surface area (Å²) in [5.41, 5.74) is 1.23. The summed E-state index contributed by atoms with van der Waals surface area (Å²) in [4.78, 5) is 39.8. The molecule has 0 aliphatic carbocycles. The normalized spacial score (nSPS) is 17.3. The molecule has 0 radical (unpaired) electrons. The van der Waals surface area contributed by atoms with E-state index < -0.39 is 0 Å². The number of methoxy groups -OCH3 is 1. The standard InChI is InChI=1S/C15H17N3O4S/c1-22-15(21)18-6-4-17(5-7-18)14(20)10-2-3-12-11(8-10)16-13(19)9-23-12/h2-3,8H,4-7,9H2,1H3,(H,16,19). The van der Waals surface area contributed by atoms with Crippen molar-refractivity contribution in [3.8, 4) is 0 Å². The topological polar surface area (TPSA) is 79.0 Å². The van der Waals surface area contributed by atoms with Gasteiger partial charge in [-0.1, -0.05) is 0 Å². The van der Waals surface area contributed by atoms with Crippen molar-refractivity contribution in [3.63, 3.8) is 0 Å². The number of hydrogen-bond acceptors (Lipinski definition) is 5. The van der Waals surface area contributed by atoms with E-state index in [0.29, 0.717) is 43.2 Å².